The third-order valence-corrected chi connectivity index (χ3v) is 6.22. The number of anilines is 1. The first-order valence-corrected chi connectivity index (χ1v) is 13.4. The highest BCUT2D eigenvalue weighted by atomic mass is 19.4. The van der Waals surface area contributed by atoms with E-state index < -0.39 is 29.8 Å². The van der Waals surface area contributed by atoms with Gasteiger partial charge < -0.3 is 24.8 Å². The number of nitrogens with one attached hydrogen (secondary N) is 1. The number of urea groups is 1. The first-order chi connectivity index (χ1) is 18.6. The number of carboxylic acids is 1. The summed E-state index contributed by atoms with van der Waals surface area (Å²) in [5.41, 5.74) is 0.0299. The predicted molar refractivity (Wildman–Crippen MR) is 144 cm³/mol. The van der Waals surface area contributed by atoms with Crippen LogP contribution < -0.4 is 10.1 Å². The van der Waals surface area contributed by atoms with Gasteiger partial charge in [0.1, 0.15) is 12.4 Å². The van der Waals surface area contributed by atoms with Gasteiger partial charge in [0, 0.05) is 25.3 Å². The van der Waals surface area contributed by atoms with E-state index in [2.05, 4.69) is 19.2 Å². The smallest absolute Gasteiger partial charge is 0.416 e. The van der Waals surface area contributed by atoms with Gasteiger partial charge in [-0.2, -0.15) is 13.2 Å². The fraction of sp³-hybridized carbons (Fsp3) is 0.517. The van der Waals surface area contributed by atoms with Gasteiger partial charge in [-0.15, -0.1) is 0 Å². The molecule has 0 radical (unpaired) electrons. The van der Waals surface area contributed by atoms with Crippen molar-refractivity contribution in [2.24, 2.45) is 5.92 Å². The maximum atomic E-state index is 13.1. The number of amides is 2. The molecular weight excluding hydrogens is 513 g/mol. The molecule has 2 aromatic rings. The molecule has 0 fully saturated rings. The molecule has 2 N–H and O–H groups in total. The van der Waals surface area contributed by atoms with Crippen LogP contribution in [0.3, 0.4) is 0 Å². The number of hydrogen-bond acceptors (Lipinski definition) is 4. The molecule has 10 heteroatoms. The van der Waals surface area contributed by atoms with Crippen LogP contribution in [-0.4, -0.2) is 54.4 Å². The van der Waals surface area contributed by atoms with Gasteiger partial charge >= 0.3 is 18.2 Å². The molecule has 39 heavy (non-hydrogen) atoms. The minimum atomic E-state index is -4.51. The Bertz CT molecular complexity index is 1020. The highest BCUT2D eigenvalue weighted by molar-refractivity contribution is 5.89. The molecule has 0 aromatic heterocycles. The third kappa shape index (κ3) is 11.2. The Morgan fingerprint density at radius 2 is 1.69 bits per heavy atom. The molecule has 0 saturated carbocycles. The van der Waals surface area contributed by atoms with Gasteiger partial charge in [0.15, 0.2) is 6.10 Å². The summed E-state index contributed by atoms with van der Waals surface area (Å²) in [7, 11) is 0. The molecule has 0 saturated heterocycles. The highest BCUT2D eigenvalue weighted by Crippen LogP contribution is 2.30. The van der Waals surface area contributed by atoms with E-state index in [0.29, 0.717) is 18.9 Å². The summed E-state index contributed by atoms with van der Waals surface area (Å²) in [6, 6.07) is 11.1. The highest BCUT2D eigenvalue weighted by Gasteiger charge is 2.30. The van der Waals surface area contributed by atoms with Crippen LogP contribution in [0.2, 0.25) is 0 Å². The van der Waals surface area contributed by atoms with Crippen molar-refractivity contribution < 1.29 is 37.3 Å². The van der Waals surface area contributed by atoms with Crippen molar-refractivity contribution >= 4 is 17.7 Å². The number of aliphatic carboxylic acids is 1. The van der Waals surface area contributed by atoms with Crippen molar-refractivity contribution in [3.63, 3.8) is 0 Å². The van der Waals surface area contributed by atoms with E-state index in [1.54, 1.807) is 36.1 Å². The number of ether oxygens (including phenoxy) is 2. The maximum absolute atomic E-state index is 13.1. The zero-order valence-corrected chi connectivity index (χ0v) is 22.8. The number of carbonyl (C=O) groups excluding carboxylic acids is 1. The van der Waals surface area contributed by atoms with Gasteiger partial charge in [0.05, 0.1) is 12.1 Å². The number of hydrogen-bond donors (Lipinski definition) is 2. The van der Waals surface area contributed by atoms with Crippen LogP contribution in [0.5, 0.6) is 5.75 Å². The predicted octanol–water partition coefficient (Wildman–Crippen LogP) is 6.87. The van der Waals surface area contributed by atoms with Gasteiger partial charge in [-0.1, -0.05) is 44.9 Å². The van der Waals surface area contributed by atoms with Crippen molar-refractivity contribution in [1.82, 2.24) is 4.90 Å². The first kappa shape index (κ1) is 31.9. The minimum absolute atomic E-state index is 0.0746. The second-order valence-corrected chi connectivity index (χ2v) is 9.38. The number of benzene rings is 2. The van der Waals surface area contributed by atoms with Gasteiger partial charge in [0.25, 0.3) is 0 Å². The van der Waals surface area contributed by atoms with Crippen LogP contribution in [0.25, 0.3) is 0 Å². The standard InChI is InChI=1S/C29H39F3N2O5/c1-4-8-22(9-5-2)20-34(28(37)33-24-11-7-10-23(19-24)29(30,31)32)16-17-39-25-14-12-21(13-15-25)18-26(27(35)36)38-6-3/h7,10-15,19,22,26H,4-6,8-9,16-18,20H2,1-3H3,(H,33,37)(H,35,36). The summed E-state index contributed by atoms with van der Waals surface area (Å²) in [6.07, 6.45) is -1.42. The minimum Gasteiger partial charge on any atom is -0.492 e. The molecular formula is C29H39F3N2O5. The van der Waals surface area contributed by atoms with Crippen molar-refractivity contribution in [3.8, 4) is 5.75 Å². The van der Waals surface area contributed by atoms with E-state index in [1.807, 2.05) is 0 Å². The molecule has 0 aliphatic heterocycles. The molecule has 1 atom stereocenters. The molecule has 0 aliphatic rings. The SMILES string of the molecule is CCCC(CCC)CN(CCOc1ccc(CC(OCC)C(=O)O)cc1)C(=O)Nc1cccc(C(F)(F)F)c1. The number of carbonyl (C=O) groups is 2. The average Bonchev–Trinajstić information content (AvgIpc) is 2.88. The molecule has 2 rings (SSSR count). The molecule has 216 valence electrons. The van der Waals surface area contributed by atoms with E-state index in [1.165, 1.54) is 12.1 Å². The Hall–Kier alpha value is -3.27. The van der Waals surface area contributed by atoms with E-state index in [4.69, 9.17) is 9.47 Å². The summed E-state index contributed by atoms with van der Waals surface area (Å²) < 4.78 is 50.4. The van der Waals surface area contributed by atoms with Crippen LogP contribution in [0.1, 0.15) is 57.6 Å². The molecule has 0 bridgehead atoms. The lowest BCUT2D eigenvalue weighted by molar-refractivity contribution is -0.150. The van der Waals surface area contributed by atoms with Gasteiger partial charge in [-0.25, -0.2) is 9.59 Å². The summed E-state index contributed by atoms with van der Waals surface area (Å²) in [6.45, 7) is 7.07. The summed E-state index contributed by atoms with van der Waals surface area (Å²) in [5, 5.41) is 11.9. The average molecular weight is 553 g/mol. The zero-order valence-electron chi connectivity index (χ0n) is 22.8. The van der Waals surface area contributed by atoms with Crippen molar-refractivity contribution in [2.75, 3.05) is 31.6 Å². The van der Waals surface area contributed by atoms with Crippen LogP contribution in [0.4, 0.5) is 23.7 Å². The second-order valence-electron chi connectivity index (χ2n) is 9.38. The monoisotopic (exact) mass is 552 g/mol. The Morgan fingerprint density at radius 3 is 2.26 bits per heavy atom. The summed E-state index contributed by atoms with van der Waals surface area (Å²) >= 11 is 0. The molecule has 0 aliphatic carbocycles. The summed E-state index contributed by atoms with van der Waals surface area (Å²) in [5.74, 6) is -0.205. The van der Waals surface area contributed by atoms with Crippen molar-refractivity contribution in [2.45, 2.75) is 65.2 Å². The number of nitrogens with zero attached hydrogens (tertiary/aromatic N) is 1. The largest absolute Gasteiger partial charge is 0.492 e. The molecule has 0 heterocycles. The van der Waals surface area contributed by atoms with E-state index in [-0.39, 0.29) is 31.2 Å². The molecule has 0 spiro atoms. The zero-order chi connectivity index (χ0) is 28.8. The number of halogens is 3. The van der Waals surface area contributed by atoms with E-state index in [9.17, 15) is 27.9 Å². The molecule has 2 amide bonds. The number of carboxylic acid groups (broad SMARTS) is 1. The van der Waals surface area contributed by atoms with Crippen LogP contribution in [0.15, 0.2) is 48.5 Å². The van der Waals surface area contributed by atoms with Gasteiger partial charge in [0.2, 0.25) is 0 Å². The quantitative estimate of drug-likeness (QED) is 0.237. The Kier molecular flexibility index (Phi) is 13.1. The Morgan fingerprint density at radius 1 is 1.03 bits per heavy atom. The van der Waals surface area contributed by atoms with Crippen LogP contribution >= 0.6 is 0 Å². The number of alkyl halides is 3. The topological polar surface area (TPSA) is 88.1 Å². The molecule has 1 unspecified atom stereocenters. The van der Waals surface area contributed by atoms with Gasteiger partial charge in [-0.3, -0.25) is 0 Å². The van der Waals surface area contributed by atoms with Crippen LogP contribution in [-0.2, 0) is 22.1 Å². The maximum Gasteiger partial charge on any atom is 0.416 e. The lowest BCUT2D eigenvalue weighted by Gasteiger charge is -2.28. The number of rotatable bonds is 16. The Labute approximate surface area is 228 Å². The van der Waals surface area contributed by atoms with Gasteiger partial charge in [-0.05, 0) is 61.6 Å². The summed E-state index contributed by atoms with van der Waals surface area (Å²) in [4.78, 5) is 26.0. The molecule has 7 nitrogen and oxygen atoms in total. The van der Waals surface area contributed by atoms with Crippen molar-refractivity contribution in [3.05, 3.63) is 59.7 Å². The fourth-order valence-electron chi connectivity index (χ4n) is 4.33. The fourth-order valence-corrected chi connectivity index (χ4v) is 4.33. The molecule has 2 aromatic carbocycles. The van der Waals surface area contributed by atoms with E-state index in [0.717, 1.165) is 43.4 Å². The Balaban J connectivity index is 2.06. The lowest BCUT2D eigenvalue weighted by Crippen LogP contribution is -2.41. The van der Waals surface area contributed by atoms with Crippen molar-refractivity contribution in [1.29, 1.82) is 0 Å². The first-order valence-electron chi connectivity index (χ1n) is 13.4. The second kappa shape index (κ2) is 16.0. The lowest BCUT2D eigenvalue weighted by atomic mass is 9.98. The normalized spacial score (nSPS) is 12.3. The van der Waals surface area contributed by atoms with E-state index >= 15 is 0 Å². The van der Waals surface area contributed by atoms with Crippen LogP contribution in [0, 0.1) is 5.92 Å². The third-order valence-electron chi connectivity index (χ3n) is 6.22.